The van der Waals surface area contributed by atoms with Crippen molar-refractivity contribution >= 4 is 0 Å². The highest BCUT2D eigenvalue weighted by atomic mass is 19.3. The van der Waals surface area contributed by atoms with Crippen LogP contribution >= 0.6 is 0 Å². The number of alkyl halides is 4. The van der Waals surface area contributed by atoms with Crippen LogP contribution in [-0.4, -0.2) is 12.6 Å². The Balaban J connectivity index is 2.42. The van der Waals surface area contributed by atoms with Crippen LogP contribution in [-0.2, 0) is 9.47 Å². The van der Waals surface area contributed by atoms with Gasteiger partial charge in [0.15, 0.2) is 0 Å². The van der Waals surface area contributed by atoms with Gasteiger partial charge in [0.05, 0.1) is 0 Å². The van der Waals surface area contributed by atoms with E-state index in [-0.39, 0.29) is 0 Å². The third-order valence-electron chi connectivity index (χ3n) is 0.475. The van der Waals surface area contributed by atoms with Gasteiger partial charge in [0, 0.05) is 0 Å². The van der Waals surface area contributed by atoms with Gasteiger partial charge in [-0.05, 0) is 0 Å². The van der Waals surface area contributed by atoms with E-state index in [0.29, 0.717) is 0 Å². The van der Waals surface area contributed by atoms with Crippen LogP contribution in [0.15, 0.2) is 0 Å². The van der Waals surface area contributed by atoms with Crippen LogP contribution < -0.4 is 0 Å². The van der Waals surface area contributed by atoms with E-state index in [1.54, 1.807) is 0 Å². The van der Waals surface area contributed by atoms with Crippen LogP contribution in [0.3, 0.4) is 0 Å². The van der Waals surface area contributed by atoms with Gasteiger partial charge in [-0.15, -0.1) is 17.6 Å². The Morgan fingerprint density at radius 1 is 0.750 bits per heavy atom. The van der Waals surface area contributed by atoms with Crippen LogP contribution in [0.5, 0.6) is 0 Å². The monoisotopic (exact) mass is 132 g/mol. The van der Waals surface area contributed by atoms with Crippen LogP contribution in [0.1, 0.15) is 0 Å². The lowest BCUT2D eigenvalue weighted by Crippen LogP contribution is -2.52. The molecule has 0 amide bonds. The van der Waals surface area contributed by atoms with Crippen molar-refractivity contribution in [3.8, 4) is 0 Å². The van der Waals surface area contributed by atoms with Crippen molar-refractivity contribution in [3.63, 3.8) is 0 Å². The number of ether oxygens (including phenoxy) is 2. The van der Waals surface area contributed by atoms with Gasteiger partial charge in [0.2, 0.25) is 0 Å². The summed E-state index contributed by atoms with van der Waals surface area (Å²) in [5.41, 5.74) is 0. The standard InChI is InChI=1S/C2F4O2/c3-1(4)7-2(5,6)8-1. The lowest BCUT2D eigenvalue weighted by molar-refractivity contribution is -0.669. The zero-order valence-electron chi connectivity index (χ0n) is 3.33. The first-order valence-electron chi connectivity index (χ1n) is 1.57. The summed E-state index contributed by atoms with van der Waals surface area (Å²) in [5, 5.41) is 0. The Kier molecular flexibility index (Phi) is 0.819. The second-order valence-electron chi connectivity index (χ2n) is 1.13. The van der Waals surface area contributed by atoms with Gasteiger partial charge in [-0.2, -0.15) is 0 Å². The number of hydrogen-bond donors (Lipinski definition) is 0. The van der Waals surface area contributed by atoms with Crippen molar-refractivity contribution in [2.45, 2.75) is 12.6 Å². The minimum Gasteiger partial charge on any atom is -0.204 e. The molecule has 0 spiro atoms. The zero-order valence-corrected chi connectivity index (χ0v) is 3.33. The molecule has 0 aromatic heterocycles. The molecule has 1 saturated heterocycles. The SMILES string of the molecule is FC1(F)OC(F)(F)O1. The molecule has 0 aromatic rings. The van der Waals surface area contributed by atoms with E-state index in [2.05, 4.69) is 9.47 Å². The Morgan fingerprint density at radius 3 is 1.00 bits per heavy atom. The van der Waals surface area contributed by atoms with Gasteiger partial charge in [-0.3, -0.25) is 0 Å². The van der Waals surface area contributed by atoms with E-state index in [1.807, 2.05) is 0 Å². The van der Waals surface area contributed by atoms with E-state index in [9.17, 15) is 17.6 Å². The lowest BCUT2D eigenvalue weighted by atomic mass is 11.0. The first kappa shape index (κ1) is 5.77. The Hall–Kier alpha value is -0.360. The summed E-state index contributed by atoms with van der Waals surface area (Å²) in [7, 11) is 0. The fourth-order valence-corrected chi connectivity index (χ4v) is 0.284. The molecular formula is C2F4O2. The highest BCUT2D eigenvalue weighted by molar-refractivity contribution is 4.50. The van der Waals surface area contributed by atoms with E-state index in [4.69, 9.17) is 0 Å². The largest absolute Gasteiger partial charge is 0.498 e. The maximum atomic E-state index is 11.1. The van der Waals surface area contributed by atoms with E-state index in [0.717, 1.165) is 0 Å². The molecule has 6 heteroatoms. The predicted molar refractivity (Wildman–Crippen MR) is 12.1 cm³/mol. The maximum absolute atomic E-state index is 11.1. The number of hydrogen-bond acceptors (Lipinski definition) is 2. The van der Waals surface area contributed by atoms with E-state index in [1.165, 1.54) is 0 Å². The summed E-state index contributed by atoms with van der Waals surface area (Å²) >= 11 is 0. The molecule has 1 aliphatic heterocycles. The molecule has 48 valence electrons. The summed E-state index contributed by atoms with van der Waals surface area (Å²) in [6.07, 6.45) is -8.19. The Labute approximate surface area is 41.0 Å². The molecule has 8 heavy (non-hydrogen) atoms. The maximum Gasteiger partial charge on any atom is 0.498 e. The molecule has 0 radical (unpaired) electrons. The van der Waals surface area contributed by atoms with Crippen LogP contribution in [0.4, 0.5) is 17.6 Å². The second-order valence-corrected chi connectivity index (χ2v) is 1.13. The summed E-state index contributed by atoms with van der Waals surface area (Å²) < 4.78 is 49.7. The summed E-state index contributed by atoms with van der Waals surface area (Å²) in [5.74, 6) is 0. The molecule has 0 N–H and O–H groups in total. The third-order valence-corrected chi connectivity index (χ3v) is 0.475. The molecule has 0 bridgehead atoms. The minimum absolute atomic E-state index is 2.62. The van der Waals surface area contributed by atoms with Crippen molar-refractivity contribution in [1.29, 1.82) is 0 Å². The summed E-state index contributed by atoms with van der Waals surface area (Å²) in [4.78, 5) is 0. The topological polar surface area (TPSA) is 18.5 Å². The van der Waals surface area contributed by atoms with Gasteiger partial charge in [0.25, 0.3) is 0 Å². The normalized spacial score (nSPS) is 31.5. The highest BCUT2D eigenvalue weighted by Crippen LogP contribution is 2.42. The molecule has 0 saturated carbocycles. The fraction of sp³-hybridized carbons (Fsp3) is 1.00. The molecule has 1 aliphatic rings. The minimum atomic E-state index is -4.09. The first-order valence-corrected chi connectivity index (χ1v) is 1.57. The lowest BCUT2D eigenvalue weighted by Gasteiger charge is -2.31. The fourth-order valence-electron chi connectivity index (χ4n) is 0.284. The van der Waals surface area contributed by atoms with E-state index < -0.39 is 12.6 Å². The molecule has 1 rings (SSSR count). The van der Waals surface area contributed by atoms with Crippen molar-refractivity contribution in [2.24, 2.45) is 0 Å². The highest BCUT2D eigenvalue weighted by Gasteiger charge is 2.63. The molecule has 0 aromatic carbocycles. The second kappa shape index (κ2) is 1.14. The quantitative estimate of drug-likeness (QED) is 0.460. The number of halogens is 4. The van der Waals surface area contributed by atoms with Crippen molar-refractivity contribution in [2.75, 3.05) is 0 Å². The van der Waals surface area contributed by atoms with Gasteiger partial charge in [0.1, 0.15) is 0 Å². The molecule has 0 aliphatic carbocycles. The van der Waals surface area contributed by atoms with Crippen LogP contribution in [0.2, 0.25) is 0 Å². The molecule has 1 heterocycles. The molecular weight excluding hydrogens is 132 g/mol. The first-order chi connectivity index (χ1) is 3.41. The van der Waals surface area contributed by atoms with E-state index >= 15 is 0 Å². The van der Waals surface area contributed by atoms with Crippen molar-refractivity contribution in [1.82, 2.24) is 0 Å². The van der Waals surface area contributed by atoms with Gasteiger partial charge >= 0.3 is 12.6 Å². The van der Waals surface area contributed by atoms with Gasteiger partial charge in [-0.1, -0.05) is 0 Å². The smallest absolute Gasteiger partial charge is 0.204 e. The average molecular weight is 132 g/mol. The predicted octanol–water partition coefficient (Wildman–Crippen LogP) is 1.13. The molecule has 2 nitrogen and oxygen atoms in total. The Morgan fingerprint density at radius 2 is 1.00 bits per heavy atom. The van der Waals surface area contributed by atoms with Crippen molar-refractivity contribution < 1.29 is 27.0 Å². The summed E-state index contributed by atoms with van der Waals surface area (Å²) in [6.45, 7) is 0. The van der Waals surface area contributed by atoms with Crippen LogP contribution in [0.25, 0.3) is 0 Å². The van der Waals surface area contributed by atoms with Gasteiger partial charge in [-0.25, -0.2) is 9.47 Å². The van der Waals surface area contributed by atoms with Crippen LogP contribution in [0, 0.1) is 0 Å². The van der Waals surface area contributed by atoms with Crippen molar-refractivity contribution in [3.05, 3.63) is 0 Å². The molecule has 0 unspecified atom stereocenters. The van der Waals surface area contributed by atoms with Gasteiger partial charge < -0.3 is 0 Å². The number of rotatable bonds is 0. The third kappa shape index (κ3) is 0.896. The molecule has 1 fully saturated rings. The summed E-state index contributed by atoms with van der Waals surface area (Å²) in [6, 6.07) is 0. The average Bonchev–Trinajstić information content (AvgIpc) is 1.20. The Bertz CT molecular complexity index is 88.6. The molecule has 0 atom stereocenters. The zero-order chi connectivity index (χ0) is 6.41.